The van der Waals surface area contributed by atoms with Gasteiger partial charge in [-0.2, -0.15) is 5.01 Å². The lowest BCUT2D eigenvalue weighted by Crippen LogP contribution is -2.53. The molecule has 310 valence electrons. The number of carbonyl (C=O) groups is 4. The number of nitrogens with zero attached hydrogens (tertiary/aromatic N) is 2. The van der Waals surface area contributed by atoms with Crippen molar-refractivity contribution in [3.8, 4) is 23.0 Å². The van der Waals surface area contributed by atoms with E-state index in [0.29, 0.717) is 33.2 Å². The molecule has 0 bridgehead atoms. The summed E-state index contributed by atoms with van der Waals surface area (Å²) < 4.78 is 17.4. The minimum atomic E-state index is -1.69. The number of carbonyl (C=O) groups excluding carboxylic acids is 4. The first-order valence-electron chi connectivity index (χ1n) is 19.7. The fraction of sp³-hybridized carbons (Fsp3) is 0.234. The summed E-state index contributed by atoms with van der Waals surface area (Å²) >= 11 is 12.8. The number of allylic oxidation sites excluding steroid dienone is 2. The summed E-state index contributed by atoms with van der Waals surface area (Å²) in [6.07, 6.45) is 2.18. The van der Waals surface area contributed by atoms with Gasteiger partial charge in [-0.25, -0.2) is 0 Å². The first kappa shape index (κ1) is 39.9. The van der Waals surface area contributed by atoms with Crippen LogP contribution in [0.1, 0.15) is 29.9 Å². The molecule has 1 saturated carbocycles. The highest BCUT2D eigenvalue weighted by molar-refractivity contribution is 6.36. The van der Waals surface area contributed by atoms with Crippen LogP contribution in [0, 0.1) is 23.7 Å². The number of aromatic hydroxyl groups is 1. The van der Waals surface area contributed by atoms with Gasteiger partial charge in [-0.1, -0.05) is 65.2 Å². The van der Waals surface area contributed by atoms with Crippen LogP contribution >= 0.6 is 23.2 Å². The van der Waals surface area contributed by atoms with E-state index in [-0.39, 0.29) is 46.7 Å². The Morgan fingerprint density at radius 3 is 2.05 bits per heavy atom. The molecular formula is C47H40Cl2N4O8. The third-order valence-corrected chi connectivity index (χ3v) is 13.1. The normalized spacial score (nSPS) is 24.1. The maximum absolute atomic E-state index is 15.7. The molecule has 61 heavy (non-hydrogen) atoms. The van der Waals surface area contributed by atoms with E-state index in [9.17, 15) is 14.7 Å². The van der Waals surface area contributed by atoms with Gasteiger partial charge in [0.15, 0.2) is 0 Å². The first-order valence-corrected chi connectivity index (χ1v) is 20.4. The smallest absolute Gasteiger partial charge is 0.260 e. The molecule has 14 heteroatoms. The predicted octanol–water partition coefficient (Wildman–Crippen LogP) is 8.66. The van der Waals surface area contributed by atoms with E-state index in [1.165, 1.54) is 44.4 Å². The number of hydrazine groups is 1. The van der Waals surface area contributed by atoms with Gasteiger partial charge in [0, 0.05) is 40.0 Å². The molecule has 12 nitrogen and oxygen atoms in total. The van der Waals surface area contributed by atoms with Crippen LogP contribution < -0.4 is 29.9 Å². The average molecular weight is 860 g/mol. The molecule has 4 amide bonds. The lowest BCUT2D eigenvalue weighted by Gasteiger charge is -2.51. The molecule has 3 fully saturated rings. The lowest BCUT2D eigenvalue weighted by molar-refractivity contribution is -0.138. The summed E-state index contributed by atoms with van der Waals surface area (Å²) in [5.41, 5.74) is 5.23. The van der Waals surface area contributed by atoms with Gasteiger partial charge in [-0.3, -0.25) is 29.5 Å². The summed E-state index contributed by atoms with van der Waals surface area (Å²) in [7, 11) is 4.41. The molecular weight excluding hydrogens is 819 g/mol. The van der Waals surface area contributed by atoms with Crippen LogP contribution in [0.4, 0.5) is 22.7 Å². The number of imide groups is 2. The van der Waals surface area contributed by atoms with Crippen molar-refractivity contribution in [3.63, 3.8) is 0 Å². The van der Waals surface area contributed by atoms with Crippen molar-refractivity contribution in [1.82, 2.24) is 5.01 Å². The van der Waals surface area contributed by atoms with Crippen molar-refractivity contribution in [2.75, 3.05) is 37.0 Å². The number of phenolic OH excluding ortho intramolecular Hbond substituents is 1. The summed E-state index contributed by atoms with van der Waals surface area (Å²) in [4.78, 5) is 61.5. The van der Waals surface area contributed by atoms with Crippen molar-refractivity contribution in [1.29, 1.82) is 0 Å². The molecule has 2 aliphatic heterocycles. The second kappa shape index (κ2) is 15.5. The van der Waals surface area contributed by atoms with Gasteiger partial charge in [0.1, 0.15) is 23.0 Å². The molecule has 9 rings (SSSR count). The molecule has 2 heterocycles. The van der Waals surface area contributed by atoms with Crippen LogP contribution in [0.3, 0.4) is 0 Å². The summed E-state index contributed by atoms with van der Waals surface area (Å²) in [6.45, 7) is 0. The number of hydrogen-bond donors (Lipinski definition) is 3. The Labute approximate surface area is 361 Å². The van der Waals surface area contributed by atoms with Crippen LogP contribution in [0.25, 0.3) is 0 Å². The van der Waals surface area contributed by atoms with Crippen LogP contribution in [0.2, 0.25) is 10.0 Å². The molecule has 2 saturated heterocycles. The fourth-order valence-corrected chi connectivity index (χ4v) is 10.5. The Kier molecular flexibility index (Phi) is 10.2. The van der Waals surface area contributed by atoms with Crippen LogP contribution in [-0.4, -0.2) is 55.1 Å². The number of fused-ring (bicyclic) bond motifs is 4. The zero-order valence-electron chi connectivity index (χ0n) is 33.2. The highest BCUT2D eigenvalue weighted by Gasteiger charge is 2.71. The number of methoxy groups -OCH3 is 3. The summed E-state index contributed by atoms with van der Waals surface area (Å²) in [6, 6.07) is 31.2. The Hall–Kier alpha value is -6.50. The fourth-order valence-electron chi connectivity index (χ4n) is 10.0. The predicted molar refractivity (Wildman–Crippen MR) is 230 cm³/mol. The number of amides is 4. The monoisotopic (exact) mass is 858 g/mol. The van der Waals surface area contributed by atoms with E-state index in [1.54, 1.807) is 48.5 Å². The number of nitrogens with one attached hydrogen (secondary N) is 2. The molecule has 5 aromatic rings. The van der Waals surface area contributed by atoms with E-state index < -0.39 is 52.7 Å². The second-order valence-corrected chi connectivity index (χ2v) is 16.4. The number of ether oxygens (including phenoxy) is 3. The van der Waals surface area contributed by atoms with E-state index in [0.717, 1.165) is 16.4 Å². The minimum Gasteiger partial charge on any atom is -0.508 e. The SMILES string of the molecule is COc1ccc([C@@]23C(=O)N(Nc4ccc(Cl)cc4Cl)C(=O)[C@@H]2C[C@@H]2C(=CC[C@@H]4C(=O)N(c5ccc(Nc6ccccc6)cc5)C(=O)[C@@H]42)[C@@H]3c2c(OC)cc(O)cc2OC)cc1. The molecule has 2 aliphatic carbocycles. The number of para-hydroxylation sites is 1. The first-order chi connectivity index (χ1) is 29.5. The number of phenols is 1. The Morgan fingerprint density at radius 1 is 0.738 bits per heavy atom. The van der Waals surface area contributed by atoms with Crippen molar-refractivity contribution in [2.24, 2.45) is 23.7 Å². The largest absolute Gasteiger partial charge is 0.508 e. The van der Waals surface area contributed by atoms with E-state index >= 15 is 9.59 Å². The summed E-state index contributed by atoms with van der Waals surface area (Å²) in [5.74, 6) is -5.50. The number of halogens is 2. The number of hydrogen-bond acceptors (Lipinski definition) is 10. The number of rotatable bonds is 10. The van der Waals surface area contributed by atoms with Gasteiger partial charge < -0.3 is 24.6 Å². The van der Waals surface area contributed by atoms with E-state index in [4.69, 9.17) is 37.4 Å². The third-order valence-electron chi connectivity index (χ3n) is 12.6. The van der Waals surface area contributed by atoms with Gasteiger partial charge in [0.05, 0.1) is 60.9 Å². The summed E-state index contributed by atoms with van der Waals surface area (Å²) in [5, 5.41) is 15.7. The third kappa shape index (κ3) is 6.35. The Morgan fingerprint density at radius 2 is 1.41 bits per heavy atom. The quantitative estimate of drug-likeness (QED) is 0.0922. The highest BCUT2D eigenvalue weighted by Crippen LogP contribution is 2.66. The van der Waals surface area contributed by atoms with Gasteiger partial charge >= 0.3 is 0 Å². The number of benzene rings is 5. The molecule has 0 aromatic heterocycles. The van der Waals surface area contributed by atoms with E-state index in [1.807, 2.05) is 48.5 Å². The minimum absolute atomic E-state index is 0.0438. The van der Waals surface area contributed by atoms with Crippen LogP contribution in [0.15, 0.2) is 121 Å². The van der Waals surface area contributed by atoms with Gasteiger partial charge in [0.25, 0.3) is 11.8 Å². The molecule has 4 aliphatic rings. The van der Waals surface area contributed by atoms with Gasteiger partial charge in [-0.05, 0) is 91.1 Å². The van der Waals surface area contributed by atoms with Crippen molar-refractivity contribution in [3.05, 3.63) is 142 Å². The topological polar surface area (TPSA) is 147 Å². The highest BCUT2D eigenvalue weighted by atomic mass is 35.5. The number of anilines is 4. The molecule has 0 unspecified atom stereocenters. The molecule has 6 atom stereocenters. The van der Waals surface area contributed by atoms with Crippen molar-refractivity contribution in [2.45, 2.75) is 24.2 Å². The second-order valence-electron chi connectivity index (χ2n) is 15.5. The van der Waals surface area contributed by atoms with Crippen molar-refractivity contribution >= 4 is 69.6 Å². The van der Waals surface area contributed by atoms with Crippen molar-refractivity contribution < 1.29 is 38.5 Å². The van der Waals surface area contributed by atoms with Crippen LogP contribution in [-0.2, 0) is 24.6 Å². The van der Waals surface area contributed by atoms with Gasteiger partial charge in [0.2, 0.25) is 11.8 Å². The average Bonchev–Trinajstić information content (AvgIpc) is 3.65. The van der Waals surface area contributed by atoms with E-state index in [2.05, 4.69) is 10.7 Å². The molecule has 0 spiro atoms. The lowest BCUT2D eigenvalue weighted by atomic mass is 9.49. The molecule has 3 N–H and O–H groups in total. The van der Waals surface area contributed by atoms with Gasteiger partial charge in [-0.15, -0.1) is 0 Å². The zero-order valence-corrected chi connectivity index (χ0v) is 34.7. The zero-order chi connectivity index (χ0) is 42.7. The Balaban J connectivity index is 1.20. The maximum atomic E-state index is 15.7. The maximum Gasteiger partial charge on any atom is 0.260 e. The molecule has 5 aromatic carbocycles. The molecule has 0 radical (unpaired) electrons. The van der Waals surface area contributed by atoms with Crippen LogP contribution in [0.5, 0.6) is 23.0 Å². The standard InChI is InChI=1S/C47H40Cl2N4O8/c1-59-31-16-9-25(10-17-31)47-35(44(56)53(46(47)58)51-37-20-11-26(48)21-36(37)49)24-34-32(42(47)41-38(60-2)22-30(54)23-39(41)61-3)18-19-33-40(34)45(57)52(43(33)55)29-14-12-28(13-15-29)50-27-7-5-4-6-8-27/h4-18,20-23,33-35,40,42,50-51,54H,19,24H2,1-3H3/t33-,34+,35-,40-,42+,47+/m0/s1. The Bertz CT molecular complexity index is 2600.